The molecule has 0 bridgehead atoms. The van der Waals surface area contributed by atoms with E-state index in [9.17, 15) is 4.79 Å². The SMILES string of the molecule is CCCCCCOc1cccc(NCC(=O)NCCCOC)c1. The molecule has 0 atom stereocenters. The molecule has 0 unspecified atom stereocenters. The highest BCUT2D eigenvalue weighted by molar-refractivity contribution is 5.80. The van der Waals surface area contributed by atoms with E-state index in [1.54, 1.807) is 7.11 Å². The van der Waals surface area contributed by atoms with Gasteiger partial charge in [-0.3, -0.25) is 4.79 Å². The van der Waals surface area contributed by atoms with Gasteiger partial charge in [-0.2, -0.15) is 0 Å². The highest BCUT2D eigenvalue weighted by Crippen LogP contribution is 2.17. The summed E-state index contributed by atoms with van der Waals surface area (Å²) < 4.78 is 10.7. The van der Waals surface area contributed by atoms with E-state index in [0.717, 1.165) is 30.9 Å². The Balaban J connectivity index is 2.23. The molecular weight excluding hydrogens is 292 g/mol. The van der Waals surface area contributed by atoms with Crippen molar-refractivity contribution in [3.8, 4) is 5.75 Å². The molecule has 2 N–H and O–H groups in total. The molecule has 5 nitrogen and oxygen atoms in total. The Morgan fingerprint density at radius 1 is 1.13 bits per heavy atom. The number of anilines is 1. The third-order valence-electron chi connectivity index (χ3n) is 3.40. The summed E-state index contributed by atoms with van der Waals surface area (Å²) >= 11 is 0. The number of carbonyl (C=O) groups is 1. The van der Waals surface area contributed by atoms with Gasteiger partial charge < -0.3 is 20.1 Å². The van der Waals surface area contributed by atoms with Gasteiger partial charge in [-0.25, -0.2) is 0 Å². The first-order valence-electron chi connectivity index (χ1n) is 8.48. The van der Waals surface area contributed by atoms with Crippen molar-refractivity contribution in [3.05, 3.63) is 24.3 Å². The van der Waals surface area contributed by atoms with Gasteiger partial charge in [-0.15, -0.1) is 0 Å². The van der Waals surface area contributed by atoms with E-state index in [4.69, 9.17) is 9.47 Å². The quantitative estimate of drug-likeness (QED) is 0.548. The van der Waals surface area contributed by atoms with Crippen molar-refractivity contribution < 1.29 is 14.3 Å². The molecule has 5 heteroatoms. The van der Waals surface area contributed by atoms with Crippen LogP contribution in [0.25, 0.3) is 0 Å². The van der Waals surface area contributed by atoms with Gasteiger partial charge in [0.1, 0.15) is 5.75 Å². The Hall–Kier alpha value is -1.75. The van der Waals surface area contributed by atoms with Gasteiger partial charge in [-0.05, 0) is 25.0 Å². The normalized spacial score (nSPS) is 10.3. The number of carbonyl (C=O) groups excluding carboxylic acids is 1. The molecule has 0 saturated heterocycles. The van der Waals surface area contributed by atoms with E-state index in [0.29, 0.717) is 13.2 Å². The van der Waals surface area contributed by atoms with Crippen LogP contribution in [-0.4, -0.2) is 39.3 Å². The first kappa shape index (κ1) is 19.3. The average molecular weight is 322 g/mol. The van der Waals surface area contributed by atoms with E-state index >= 15 is 0 Å². The summed E-state index contributed by atoms with van der Waals surface area (Å²) in [5.74, 6) is 0.819. The number of hydrogen-bond donors (Lipinski definition) is 2. The summed E-state index contributed by atoms with van der Waals surface area (Å²) in [6.07, 6.45) is 5.59. The first-order valence-corrected chi connectivity index (χ1v) is 8.48. The topological polar surface area (TPSA) is 59.6 Å². The largest absolute Gasteiger partial charge is 0.494 e. The molecule has 0 radical (unpaired) electrons. The number of hydrogen-bond acceptors (Lipinski definition) is 4. The molecule has 0 aliphatic rings. The van der Waals surface area contributed by atoms with E-state index in [-0.39, 0.29) is 12.5 Å². The summed E-state index contributed by atoms with van der Waals surface area (Å²) in [6, 6.07) is 7.73. The van der Waals surface area contributed by atoms with Crippen LogP contribution in [0.5, 0.6) is 5.75 Å². The van der Waals surface area contributed by atoms with Crippen molar-refractivity contribution in [2.24, 2.45) is 0 Å². The fourth-order valence-corrected chi connectivity index (χ4v) is 2.10. The minimum atomic E-state index is -0.0213. The molecule has 1 rings (SSSR count). The highest BCUT2D eigenvalue weighted by atomic mass is 16.5. The standard InChI is InChI=1S/C18H30N2O3/c1-3-4-5-6-13-23-17-10-7-9-16(14-17)20-15-18(21)19-11-8-12-22-2/h7,9-10,14,20H,3-6,8,11-13,15H2,1-2H3,(H,19,21). The molecule has 0 saturated carbocycles. The molecule has 0 aromatic heterocycles. The molecular formula is C18H30N2O3. The summed E-state index contributed by atoms with van der Waals surface area (Å²) in [4.78, 5) is 11.7. The molecule has 1 aromatic rings. The van der Waals surface area contributed by atoms with E-state index < -0.39 is 0 Å². The minimum absolute atomic E-state index is 0.0213. The molecule has 0 spiro atoms. The van der Waals surface area contributed by atoms with Gasteiger partial charge in [-0.1, -0.05) is 32.3 Å². The van der Waals surface area contributed by atoms with Crippen LogP contribution in [0.2, 0.25) is 0 Å². The lowest BCUT2D eigenvalue weighted by Crippen LogP contribution is -2.31. The molecule has 23 heavy (non-hydrogen) atoms. The van der Waals surface area contributed by atoms with Gasteiger partial charge in [0.15, 0.2) is 0 Å². The van der Waals surface area contributed by atoms with Crippen molar-refractivity contribution in [2.75, 3.05) is 38.7 Å². The molecule has 0 aliphatic carbocycles. The maximum absolute atomic E-state index is 11.7. The Labute approximate surface area is 139 Å². The molecule has 0 fully saturated rings. The second kappa shape index (κ2) is 12.8. The summed E-state index contributed by atoms with van der Waals surface area (Å²) in [6.45, 7) is 4.49. The predicted octanol–water partition coefficient (Wildman–Crippen LogP) is 3.21. The number of methoxy groups -OCH3 is 1. The molecule has 130 valence electrons. The van der Waals surface area contributed by atoms with Crippen LogP contribution in [0.15, 0.2) is 24.3 Å². The van der Waals surface area contributed by atoms with Crippen LogP contribution in [0.3, 0.4) is 0 Å². The summed E-state index contributed by atoms with van der Waals surface area (Å²) in [5.41, 5.74) is 0.892. The van der Waals surface area contributed by atoms with Gasteiger partial charge in [0.05, 0.1) is 13.2 Å². The summed E-state index contributed by atoms with van der Waals surface area (Å²) in [5, 5.41) is 5.96. The lowest BCUT2D eigenvalue weighted by atomic mass is 10.2. The fourth-order valence-electron chi connectivity index (χ4n) is 2.10. The van der Waals surface area contributed by atoms with Crippen LogP contribution in [0.4, 0.5) is 5.69 Å². The van der Waals surface area contributed by atoms with Gasteiger partial charge >= 0.3 is 0 Å². The van der Waals surface area contributed by atoms with Gasteiger partial charge in [0, 0.05) is 32.0 Å². The monoisotopic (exact) mass is 322 g/mol. The van der Waals surface area contributed by atoms with Gasteiger partial charge in [0.2, 0.25) is 5.91 Å². The van der Waals surface area contributed by atoms with Gasteiger partial charge in [0.25, 0.3) is 0 Å². The molecule has 0 aliphatic heterocycles. The number of nitrogens with one attached hydrogen (secondary N) is 2. The van der Waals surface area contributed by atoms with E-state index in [1.165, 1.54) is 19.3 Å². The zero-order valence-corrected chi connectivity index (χ0v) is 14.4. The zero-order valence-electron chi connectivity index (χ0n) is 14.4. The number of rotatable bonds is 13. The van der Waals surface area contributed by atoms with Crippen molar-refractivity contribution in [2.45, 2.75) is 39.0 Å². The van der Waals surface area contributed by atoms with Crippen LogP contribution < -0.4 is 15.4 Å². The average Bonchev–Trinajstić information content (AvgIpc) is 2.57. The summed E-state index contributed by atoms with van der Waals surface area (Å²) in [7, 11) is 1.66. The van der Waals surface area contributed by atoms with Crippen molar-refractivity contribution in [1.29, 1.82) is 0 Å². The number of unbranched alkanes of at least 4 members (excludes halogenated alkanes) is 3. The third-order valence-corrected chi connectivity index (χ3v) is 3.40. The maximum atomic E-state index is 11.7. The zero-order chi connectivity index (χ0) is 16.8. The molecule has 0 heterocycles. The second-order valence-electron chi connectivity index (χ2n) is 5.49. The fraction of sp³-hybridized carbons (Fsp3) is 0.611. The maximum Gasteiger partial charge on any atom is 0.239 e. The number of amides is 1. The van der Waals surface area contributed by atoms with Crippen molar-refractivity contribution >= 4 is 11.6 Å². The highest BCUT2D eigenvalue weighted by Gasteiger charge is 2.02. The Bertz CT molecular complexity index is 438. The molecule has 1 aromatic carbocycles. The lowest BCUT2D eigenvalue weighted by molar-refractivity contribution is -0.119. The lowest BCUT2D eigenvalue weighted by Gasteiger charge is -2.10. The van der Waals surface area contributed by atoms with E-state index in [1.807, 2.05) is 24.3 Å². The smallest absolute Gasteiger partial charge is 0.239 e. The number of benzene rings is 1. The van der Waals surface area contributed by atoms with Crippen LogP contribution in [0, 0.1) is 0 Å². The van der Waals surface area contributed by atoms with Crippen LogP contribution in [-0.2, 0) is 9.53 Å². The van der Waals surface area contributed by atoms with Crippen molar-refractivity contribution in [1.82, 2.24) is 5.32 Å². The van der Waals surface area contributed by atoms with E-state index in [2.05, 4.69) is 17.6 Å². The Kier molecular flexibility index (Phi) is 10.7. The van der Waals surface area contributed by atoms with Crippen molar-refractivity contribution in [3.63, 3.8) is 0 Å². The minimum Gasteiger partial charge on any atom is -0.494 e. The number of ether oxygens (including phenoxy) is 2. The predicted molar refractivity (Wildman–Crippen MR) is 94.1 cm³/mol. The first-order chi connectivity index (χ1) is 11.3. The van der Waals surface area contributed by atoms with Crippen LogP contribution in [0.1, 0.15) is 39.0 Å². The molecule has 1 amide bonds. The van der Waals surface area contributed by atoms with Crippen LogP contribution >= 0.6 is 0 Å². The third kappa shape index (κ3) is 9.79. The Morgan fingerprint density at radius 3 is 2.78 bits per heavy atom. The Morgan fingerprint density at radius 2 is 2.00 bits per heavy atom. The second-order valence-corrected chi connectivity index (χ2v) is 5.49.